The van der Waals surface area contributed by atoms with Crippen LogP contribution in [-0.2, 0) is 11.2 Å². The first-order chi connectivity index (χ1) is 12.2. The van der Waals surface area contributed by atoms with E-state index in [1.54, 1.807) is 7.11 Å². The first-order valence-electron chi connectivity index (χ1n) is 8.49. The Morgan fingerprint density at radius 2 is 1.88 bits per heavy atom. The molecular weight excluding hydrogens is 312 g/mol. The van der Waals surface area contributed by atoms with Gasteiger partial charge in [-0.25, -0.2) is 4.98 Å². The number of rotatable bonds is 6. The molecule has 1 aromatic heterocycles. The van der Waals surface area contributed by atoms with E-state index in [1.165, 1.54) is 5.56 Å². The minimum atomic E-state index is -0.109. The summed E-state index contributed by atoms with van der Waals surface area (Å²) in [6.45, 7) is 3.10. The number of fused-ring (bicyclic) bond motifs is 1. The van der Waals surface area contributed by atoms with Crippen molar-refractivity contribution in [1.29, 1.82) is 0 Å². The van der Waals surface area contributed by atoms with Gasteiger partial charge in [0.2, 0.25) is 0 Å². The Morgan fingerprint density at radius 1 is 1.12 bits per heavy atom. The lowest BCUT2D eigenvalue weighted by Gasteiger charge is -2.11. The average Bonchev–Trinajstić information content (AvgIpc) is 2.67. The Morgan fingerprint density at radius 3 is 2.60 bits per heavy atom. The predicted molar refractivity (Wildman–Crippen MR) is 101 cm³/mol. The first kappa shape index (κ1) is 17.1. The summed E-state index contributed by atoms with van der Waals surface area (Å²) in [5.41, 5.74) is 4.54. The molecule has 0 unspecified atom stereocenters. The lowest BCUT2D eigenvalue weighted by molar-refractivity contribution is 0.0938. The molecule has 0 aliphatic heterocycles. The Hall–Kier alpha value is -2.72. The lowest BCUT2D eigenvalue weighted by atomic mass is 10.0. The molecule has 2 aromatic carbocycles. The number of methoxy groups -OCH3 is 1. The maximum absolute atomic E-state index is 12.6. The van der Waals surface area contributed by atoms with Crippen LogP contribution in [0.1, 0.15) is 22.8 Å². The number of benzene rings is 2. The molecule has 0 spiro atoms. The van der Waals surface area contributed by atoms with E-state index in [2.05, 4.69) is 36.5 Å². The van der Waals surface area contributed by atoms with E-state index in [1.807, 2.05) is 30.3 Å². The highest BCUT2D eigenvalue weighted by molar-refractivity contribution is 6.07. The van der Waals surface area contributed by atoms with Gasteiger partial charge in [-0.2, -0.15) is 0 Å². The number of ether oxygens (including phenoxy) is 1. The third-order valence-corrected chi connectivity index (χ3v) is 4.21. The topological polar surface area (TPSA) is 51.2 Å². The zero-order valence-electron chi connectivity index (χ0n) is 14.6. The second-order valence-electron chi connectivity index (χ2n) is 5.87. The molecule has 0 atom stereocenters. The maximum atomic E-state index is 12.6. The number of nitrogens with one attached hydrogen (secondary N) is 1. The summed E-state index contributed by atoms with van der Waals surface area (Å²) in [6, 6.07) is 17.9. The molecule has 1 N–H and O–H groups in total. The van der Waals surface area contributed by atoms with Gasteiger partial charge in [0, 0.05) is 24.6 Å². The van der Waals surface area contributed by atoms with Gasteiger partial charge < -0.3 is 10.1 Å². The molecule has 0 fully saturated rings. The summed E-state index contributed by atoms with van der Waals surface area (Å²) in [7, 11) is 1.62. The molecule has 0 radical (unpaired) electrons. The molecule has 1 heterocycles. The molecule has 0 bridgehead atoms. The summed E-state index contributed by atoms with van der Waals surface area (Å²) in [4.78, 5) is 17.4. The van der Waals surface area contributed by atoms with Crippen LogP contribution in [0.3, 0.4) is 0 Å². The van der Waals surface area contributed by atoms with Crippen LogP contribution in [0.15, 0.2) is 54.6 Å². The van der Waals surface area contributed by atoms with Crippen LogP contribution in [0.2, 0.25) is 0 Å². The largest absolute Gasteiger partial charge is 0.383 e. The molecule has 3 rings (SSSR count). The molecule has 0 aliphatic carbocycles. The molecule has 128 valence electrons. The van der Waals surface area contributed by atoms with E-state index in [0.717, 1.165) is 28.6 Å². The Balaban J connectivity index is 2.03. The minimum Gasteiger partial charge on any atom is -0.383 e. The highest BCUT2D eigenvalue weighted by Crippen LogP contribution is 2.25. The second-order valence-corrected chi connectivity index (χ2v) is 5.87. The lowest BCUT2D eigenvalue weighted by Crippen LogP contribution is -2.27. The summed E-state index contributed by atoms with van der Waals surface area (Å²) < 4.78 is 5.00. The summed E-state index contributed by atoms with van der Waals surface area (Å²) in [5, 5.41) is 3.75. The molecule has 4 nitrogen and oxygen atoms in total. The van der Waals surface area contributed by atoms with Crippen molar-refractivity contribution in [2.24, 2.45) is 0 Å². The summed E-state index contributed by atoms with van der Waals surface area (Å²) in [5.74, 6) is -0.109. The molecule has 4 heteroatoms. The Labute approximate surface area is 147 Å². The van der Waals surface area contributed by atoms with Crippen LogP contribution in [0.4, 0.5) is 0 Å². The van der Waals surface area contributed by atoms with E-state index in [9.17, 15) is 4.79 Å². The molecule has 3 aromatic rings. The summed E-state index contributed by atoms with van der Waals surface area (Å²) >= 11 is 0. The Bertz CT molecular complexity index is 873. The van der Waals surface area contributed by atoms with Crippen molar-refractivity contribution < 1.29 is 9.53 Å². The number of nitrogens with zero attached hydrogens (tertiary/aromatic N) is 1. The van der Waals surface area contributed by atoms with Gasteiger partial charge in [0.05, 0.1) is 23.4 Å². The monoisotopic (exact) mass is 334 g/mol. The van der Waals surface area contributed by atoms with Gasteiger partial charge in [-0.15, -0.1) is 0 Å². The molecule has 0 aliphatic rings. The average molecular weight is 334 g/mol. The molecular formula is C21H22N2O2. The zero-order chi connectivity index (χ0) is 17.6. The molecule has 0 saturated carbocycles. The quantitative estimate of drug-likeness (QED) is 0.697. The van der Waals surface area contributed by atoms with Gasteiger partial charge >= 0.3 is 0 Å². The fraction of sp³-hybridized carbons (Fsp3) is 0.238. The molecule has 0 saturated heterocycles. The minimum absolute atomic E-state index is 0.109. The van der Waals surface area contributed by atoms with Crippen molar-refractivity contribution in [2.75, 3.05) is 20.3 Å². The van der Waals surface area contributed by atoms with E-state index in [-0.39, 0.29) is 5.91 Å². The highest BCUT2D eigenvalue weighted by Gasteiger charge is 2.13. The summed E-state index contributed by atoms with van der Waals surface area (Å²) in [6.07, 6.45) is 0.999. The number of carbonyl (C=O) groups is 1. The maximum Gasteiger partial charge on any atom is 0.252 e. The van der Waals surface area contributed by atoms with Crippen molar-refractivity contribution in [3.8, 4) is 11.3 Å². The van der Waals surface area contributed by atoms with Crippen LogP contribution in [0.25, 0.3) is 22.2 Å². The number of hydrogen-bond donors (Lipinski definition) is 1. The van der Waals surface area contributed by atoms with Gasteiger partial charge in [-0.05, 0) is 24.1 Å². The predicted octanol–water partition coefficient (Wildman–Crippen LogP) is 3.84. The van der Waals surface area contributed by atoms with E-state index >= 15 is 0 Å². The first-order valence-corrected chi connectivity index (χ1v) is 8.49. The third-order valence-electron chi connectivity index (χ3n) is 4.21. The number of carbonyl (C=O) groups excluding carboxylic acids is 1. The Kier molecular flexibility index (Phi) is 5.41. The number of para-hydroxylation sites is 1. The van der Waals surface area contributed by atoms with Crippen molar-refractivity contribution in [3.63, 3.8) is 0 Å². The van der Waals surface area contributed by atoms with Crippen LogP contribution in [-0.4, -0.2) is 31.2 Å². The fourth-order valence-electron chi connectivity index (χ4n) is 2.78. The fourth-order valence-corrected chi connectivity index (χ4v) is 2.78. The van der Waals surface area contributed by atoms with Crippen molar-refractivity contribution in [2.45, 2.75) is 13.3 Å². The zero-order valence-corrected chi connectivity index (χ0v) is 14.6. The smallest absolute Gasteiger partial charge is 0.252 e. The van der Waals surface area contributed by atoms with Gasteiger partial charge in [-0.3, -0.25) is 4.79 Å². The normalized spacial score (nSPS) is 10.8. The molecule has 1 amide bonds. The van der Waals surface area contributed by atoms with Crippen LogP contribution < -0.4 is 5.32 Å². The number of amides is 1. The van der Waals surface area contributed by atoms with Gasteiger partial charge in [0.25, 0.3) is 5.91 Å². The SMILES string of the molecule is CCc1ccc(-c2cc(C(=O)NCCOC)c3ccccc3n2)cc1. The number of aromatic nitrogens is 1. The van der Waals surface area contributed by atoms with E-state index in [0.29, 0.717) is 18.7 Å². The van der Waals surface area contributed by atoms with Crippen LogP contribution in [0, 0.1) is 0 Å². The van der Waals surface area contributed by atoms with Crippen molar-refractivity contribution in [1.82, 2.24) is 10.3 Å². The molecule has 25 heavy (non-hydrogen) atoms. The van der Waals surface area contributed by atoms with Crippen LogP contribution in [0.5, 0.6) is 0 Å². The van der Waals surface area contributed by atoms with Gasteiger partial charge in [-0.1, -0.05) is 49.4 Å². The third kappa shape index (κ3) is 3.86. The van der Waals surface area contributed by atoms with Gasteiger partial charge in [0.15, 0.2) is 0 Å². The highest BCUT2D eigenvalue weighted by atomic mass is 16.5. The standard InChI is InChI=1S/C21H22N2O2/c1-3-15-8-10-16(11-9-15)20-14-18(21(24)22-12-13-25-2)17-6-4-5-7-19(17)23-20/h4-11,14H,3,12-13H2,1-2H3,(H,22,24). The number of aryl methyl sites for hydroxylation is 1. The van der Waals surface area contributed by atoms with Crippen molar-refractivity contribution in [3.05, 3.63) is 65.7 Å². The van der Waals surface area contributed by atoms with Gasteiger partial charge in [0.1, 0.15) is 0 Å². The van der Waals surface area contributed by atoms with Crippen LogP contribution >= 0.6 is 0 Å². The number of hydrogen-bond acceptors (Lipinski definition) is 3. The second kappa shape index (κ2) is 7.90. The number of pyridine rings is 1. The van der Waals surface area contributed by atoms with E-state index in [4.69, 9.17) is 9.72 Å². The van der Waals surface area contributed by atoms with E-state index < -0.39 is 0 Å². The van der Waals surface area contributed by atoms with Crippen molar-refractivity contribution >= 4 is 16.8 Å².